The van der Waals surface area contributed by atoms with Crippen LogP contribution < -0.4 is 10.5 Å². The molecule has 1 saturated carbocycles. The molecule has 1 aromatic carbocycles. The Morgan fingerprint density at radius 1 is 1.24 bits per heavy atom. The quantitative estimate of drug-likeness (QED) is 0.809. The number of hydrogen-bond acceptors (Lipinski definition) is 3. The fourth-order valence-corrected chi connectivity index (χ4v) is 1.86. The van der Waals surface area contributed by atoms with E-state index in [2.05, 4.69) is 0 Å². The van der Waals surface area contributed by atoms with Gasteiger partial charge in [0.15, 0.2) is 11.6 Å². The number of halogens is 2. The lowest BCUT2D eigenvalue weighted by Crippen LogP contribution is -2.24. The third-order valence-corrected chi connectivity index (χ3v) is 2.86. The van der Waals surface area contributed by atoms with Crippen LogP contribution in [0, 0.1) is 11.6 Å². The molecule has 92 valence electrons. The highest BCUT2D eigenvalue weighted by Crippen LogP contribution is 2.30. The number of ketones is 1. The number of benzene rings is 1. The van der Waals surface area contributed by atoms with Gasteiger partial charge in [-0.25, -0.2) is 4.39 Å². The summed E-state index contributed by atoms with van der Waals surface area (Å²) in [5, 5.41) is 0. The third-order valence-electron chi connectivity index (χ3n) is 2.86. The fraction of sp³-hybridized carbons (Fsp3) is 0.417. The van der Waals surface area contributed by atoms with E-state index in [1.54, 1.807) is 0 Å². The summed E-state index contributed by atoms with van der Waals surface area (Å²) in [6, 6.07) is 2.23. The Labute approximate surface area is 97.6 Å². The Balaban J connectivity index is 2.13. The monoisotopic (exact) mass is 241 g/mol. The van der Waals surface area contributed by atoms with E-state index in [4.69, 9.17) is 10.5 Å². The molecule has 2 N–H and O–H groups in total. The molecule has 0 amide bonds. The van der Waals surface area contributed by atoms with Gasteiger partial charge >= 0.3 is 0 Å². The average Bonchev–Trinajstić information content (AvgIpc) is 2.32. The van der Waals surface area contributed by atoms with Crippen molar-refractivity contribution < 1.29 is 18.3 Å². The Morgan fingerprint density at radius 2 is 1.88 bits per heavy atom. The summed E-state index contributed by atoms with van der Waals surface area (Å²) in [5.74, 6) is -2.12. The van der Waals surface area contributed by atoms with Gasteiger partial charge in [-0.2, -0.15) is 4.39 Å². The van der Waals surface area contributed by atoms with Crippen LogP contribution >= 0.6 is 0 Å². The SMILES string of the molecule is Nc1ccc(F)c(F)c1OC1CCC(=O)CC1. The number of ether oxygens (including phenoxy) is 1. The molecule has 5 heteroatoms. The molecule has 0 unspecified atom stereocenters. The predicted molar refractivity (Wildman–Crippen MR) is 58.7 cm³/mol. The number of rotatable bonds is 2. The van der Waals surface area contributed by atoms with Gasteiger partial charge in [-0.05, 0) is 25.0 Å². The summed E-state index contributed by atoms with van der Waals surface area (Å²) in [7, 11) is 0. The van der Waals surface area contributed by atoms with Crippen LogP contribution in [0.4, 0.5) is 14.5 Å². The molecule has 1 fully saturated rings. The van der Waals surface area contributed by atoms with E-state index in [9.17, 15) is 13.6 Å². The molecule has 0 atom stereocenters. The van der Waals surface area contributed by atoms with E-state index in [0.29, 0.717) is 25.7 Å². The average molecular weight is 241 g/mol. The Hall–Kier alpha value is -1.65. The summed E-state index contributed by atoms with van der Waals surface area (Å²) in [6.45, 7) is 0. The van der Waals surface area contributed by atoms with Crippen molar-refractivity contribution in [3.8, 4) is 5.75 Å². The first-order chi connectivity index (χ1) is 8.08. The number of hydrogen-bond donors (Lipinski definition) is 1. The largest absolute Gasteiger partial charge is 0.485 e. The van der Waals surface area contributed by atoms with E-state index >= 15 is 0 Å². The first-order valence-corrected chi connectivity index (χ1v) is 5.49. The lowest BCUT2D eigenvalue weighted by atomic mass is 9.96. The molecule has 1 aliphatic carbocycles. The van der Waals surface area contributed by atoms with Crippen LogP contribution in [0.5, 0.6) is 5.75 Å². The van der Waals surface area contributed by atoms with Crippen LogP contribution in [0.3, 0.4) is 0 Å². The second-order valence-corrected chi connectivity index (χ2v) is 4.14. The van der Waals surface area contributed by atoms with Crippen molar-refractivity contribution in [2.75, 3.05) is 5.73 Å². The molecule has 1 aliphatic rings. The summed E-state index contributed by atoms with van der Waals surface area (Å²) in [5.41, 5.74) is 5.61. The van der Waals surface area contributed by atoms with E-state index < -0.39 is 11.6 Å². The molecule has 0 saturated heterocycles. The van der Waals surface area contributed by atoms with Crippen molar-refractivity contribution in [1.82, 2.24) is 0 Å². The molecule has 2 rings (SSSR count). The van der Waals surface area contributed by atoms with Crippen LogP contribution in [0.25, 0.3) is 0 Å². The number of carbonyl (C=O) groups is 1. The van der Waals surface area contributed by atoms with Gasteiger partial charge in [0.1, 0.15) is 5.78 Å². The highest BCUT2D eigenvalue weighted by molar-refractivity contribution is 5.79. The van der Waals surface area contributed by atoms with Crippen molar-refractivity contribution in [3.05, 3.63) is 23.8 Å². The van der Waals surface area contributed by atoms with Crippen LogP contribution in [0.2, 0.25) is 0 Å². The van der Waals surface area contributed by atoms with Crippen LogP contribution in [0.1, 0.15) is 25.7 Å². The van der Waals surface area contributed by atoms with Gasteiger partial charge < -0.3 is 10.5 Å². The lowest BCUT2D eigenvalue weighted by Gasteiger charge is -2.23. The van der Waals surface area contributed by atoms with Gasteiger partial charge in [0.25, 0.3) is 0 Å². The fourth-order valence-electron chi connectivity index (χ4n) is 1.86. The minimum atomic E-state index is -1.07. The van der Waals surface area contributed by atoms with Gasteiger partial charge in [-0.3, -0.25) is 4.79 Å². The minimum absolute atomic E-state index is 0.0702. The maximum Gasteiger partial charge on any atom is 0.202 e. The Morgan fingerprint density at radius 3 is 2.53 bits per heavy atom. The van der Waals surface area contributed by atoms with Gasteiger partial charge in [0, 0.05) is 12.8 Å². The molecule has 1 aromatic rings. The number of Topliss-reactive ketones (excluding diaryl/α,β-unsaturated/α-hetero) is 1. The molecule has 3 nitrogen and oxygen atoms in total. The Kier molecular flexibility index (Phi) is 3.26. The highest BCUT2D eigenvalue weighted by Gasteiger charge is 2.23. The van der Waals surface area contributed by atoms with Crippen LogP contribution in [0.15, 0.2) is 12.1 Å². The van der Waals surface area contributed by atoms with Gasteiger partial charge in [0.2, 0.25) is 5.82 Å². The zero-order valence-corrected chi connectivity index (χ0v) is 9.21. The topological polar surface area (TPSA) is 52.3 Å². The highest BCUT2D eigenvalue weighted by atomic mass is 19.2. The molecule has 0 heterocycles. The Bertz CT molecular complexity index is 438. The van der Waals surface area contributed by atoms with E-state index in [0.717, 1.165) is 6.07 Å². The van der Waals surface area contributed by atoms with Crippen molar-refractivity contribution in [1.29, 1.82) is 0 Å². The van der Waals surface area contributed by atoms with Gasteiger partial charge in [-0.15, -0.1) is 0 Å². The minimum Gasteiger partial charge on any atom is -0.485 e. The van der Waals surface area contributed by atoms with Gasteiger partial charge in [0.05, 0.1) is 11.8 Å². The molecule has 17 heavy (non-hydrogen) atoms. The lowest BCUT2D eigenvalue weighted by molar-refractivity contribution is -0.121. The maximum absolute atomic E-state index is 13.4. The van der Waals surface area contributed by atoms with Crippen molar-refractivity contribution >= 4 is 11.5 Å². The summed E-state index contributed by atoms with van der Waals surface area (Å²) >= 11 is 0. The molecule has 0 bridgehead atoms. The first-order valence-electron chi connectivity index (χ1n) is 5.49. The maximum atomic E-state index is 13.4. The molecule has 0 aliphatic heterocycles. The molecular formula is C12H13F2NO2. The second-order valence-electron chi connectivity index (χ2n) is 4.14. The van der Waals surface area contributed by atoms with Crippen LogP contribution in [-0.2, 0) is 4.79 Å². The van der Waals surface area contributed by atoms with E-state index in [1.165, 1.54) is 6.07 Å². The van der Waals surface area contributed by atoms with E-state index in [1.807, 2.05) is 0 Å². The van der Waals surface area contributed by atoms with Crippen LogP contribution in [-0.4, -0.2) is 11.9 Å². The summed E-state index contributed by atoms with van der Waals surface area (Å²) in [6.07, 6.45) is 1.61. The predicted octanol–water partition coefficient (Wildman–Crippen LogP) is 2.44. The number of anilines is 1. The number of nitrogens with two attached hydrogens (primary N) is 1. The first kappa shape index (κ1) is 11.8. The number of nitrogen functional groups attached to an aromatic ring is 1. The smallest absolute Gasteiger partial charge is 0.202 e. The zero-order valence-electron chi connectivity index (χ0n) is 9.21. The third kappa shape index (κ3) is 2.54. The second kappa shape index (κ2) is 4.69. The summed E-state index contributed by atoms with van der Waals surface area (Å²) < 4.78 is 31.8. The van der Waals surface area contributed by atoms with E-state index in [-0.39, 0.29) is 23.3 Å². The normalized spacial score (nSPS) is 17.2. The molecular weight excluding hydrogens is 228 g/mol. The molecule has 0 aromatic heterocycles. The standard InChI is InChI=1S/C12H13F2NO2/c13-9-5-6-10(15)12(11(9)14)17-8-3-1-7(16)2-4-8/h5-6,8H,1-4,15H2. The number of carbonyl (C=O) groups excluding carboxylic acids is 1. The van der Waals surface area contributed by atoms with Gasteiger partial charge in [-0.1, -0.05) is 0 Å². The van der Waals surface area contributed by atoms with Crippen molar-refractivity contribution in [2.24, 2.45) is 0 Å². The molecule has 0 radical (unpaired) electrons. The van der Waals surface area contributed by atoms with Crippen molar-refractivity contribution in [3.63, 3.8) is 0 Å². The summed E-state index contributed by atoms with van der Waals surface area (Å²) in [4.78, 5) is 11.0. The van der Waals surface area contributed by atoms with Crippen molar-refractivity contribution in [2.45, 2.75) is 31.8 Å². The zero-order chi connectivity index (χ0) is 12.4. The molecule has 0 spiro atoms.